The van der Waals surface area contributed by atoms with Crippen LogP contribution in [-0.2, 0) is 6.42 Å². The van der Waals surface area contributed by atoms with Crippen LogP contribution in [0.15, 0.2) is 48.5 Å². The molecule has 1 heterocycles. The average Bonchev–Trinajstić information content (AvgIpc) is 2.68. The van der Waals surface area contributed by atoms with Crippen molar-refractivity contribution >= 4 is 5.91 Å². The molecule has 1 aliphatic heterocycles. The third-order valence-electron chi connectivity index (χ3n) is 5.07. The zero-order chi connectivity index (χ0) is 18.5. The topological polar surface area (TPSA) is 49.8 Å². The monoisotopic (exact) mass is 357 g/mol. The van der Waals surface area contributed by atoms with Crippen molar-refractivity contribution in [1.82, 2.24) is 4.90 Å². The number of hydrogen-bond acceptors (Lipinski definition) is 3. The van der Waals surface area contributed by atoms with E-state index in [4.69, 9.17) is 4.74 Å². The number of carbonyl (C=O) groups excluding carboxylic acids is 1. The van der Waals surface area contributed by atoms with Crippen molar-refractivity contribution in [1.29, 1.82) is 0 Å². The molecule has 138 valence electrons. The molecule has 1 atom stereocenters. The van der Waals surface area contributed by atoms with Gasteiger partial charge in [-0.25, -0.2) is 4.39 Å². The van der Waals surface area contributed by atoms with Gasteiger partial charge in [0, 0.05) is 13.1 Å². The van der Waals surface area contributed by atoms with Crippen molar-refractivity contribution in [3.63, 3.8) is 0 Å². The molecule has 0 bridgehead atoms. The minimum atomic E-state index is -0.569. The van der Waals surface area contributed by atoms with Gasteiger partial charge in [0.2, 0.25) is 0 Å². The largest absolute Gasteiger partial charge is 0.496 e. The van der Waals surface area contributed by atoms with E-state index in [0.29, 0.717) is 32.4 Å². The van der Waals surface area contributed by atoms with Gasteiger partial charge < -0.3 is 14.7 Å². The number of benzene rings is 2. The lowest BCUT2D eigenvalue weighted by molar-refractivity contribution is 0.0462. The Kier molecular flexibility index (Phi) is 5.89. The summed E-state index contributed by atoms with van der Waals surface area (Å²) in [5, 5.41) is 10.5. The Morgan fingerprint density at radius 3 is 2.54 bits per heavy atom. The van der Waals surface area contributed by atoms with Gasteiger partial charge in [-0.15, -0.1) is 0 Å². The van der Waals surface area contributed by atoms with E-state index in [1.54, 1.807) is 11.0 Å². The van der Waals surface area contributed by atoms with E-state index in [1.807, 2.05) is 30.3 Å². The molecule has 1 amide bonds. The second-order valence-corrected chi connectivity index (χ2v) is 6.70. The molecule has 0 aromatic heterocycles. The van der Waals surface area contributed by atoms with E-state index in [2.05, 4.69) is 0 Å². The Morgan fingerprint density at radius 1 is 1.19 bits per heavy atom. The van der Waals surface area contributed by atoms with Crippen LogP contribution in [0.5, 0.6) is 5.75 Å². The predicted molar refractivity (Wildman–Crippen MR) is 97.7 cm³/mol. The summed E-state index contributed by atoms with van der Waals surface area (Å²) in [6.07, 6.45) is 1.59. The summed E-state index contributed by atoms with van der Waals surface area (Å²) in [6.45, 7) is 1.01. The number of piperidine rings is 1. The molecule has 26 heavy (non-hydrogen) atoms. The molecule has 2 aromatic rings. The first-order chi connectivity index (χ1) is 12.6. The zero-order valence-corrected chi connectivity index (χ0v) is 14.9. The Morgan fingerprint density at radius 2 is 1.88 bits per heavy atom. The highest BCUT2D eigenvalue weighted by Gasteiger charge is 2.30. The number of hydrogen-bond donors (Lipinski definition) is 1. The van der Waals surface area contributed by atoms with Gasteiger partial charge >= 0.3 is 0 Å². The van der Waals surface area contributed by atoms with Crippen molar-refractivity contribution in [3.8, 4) is 5.75 Å². The van der Waals surface area contributed by atoms with Gasteiger partial charge in [-0.1, -0.05) is 36.4 Å². The van der Waals surface area contributed by atoms with E-state index in [-0.39, 0.29) is 23.1 Å². The molecule has 1 N–H and O–H groups in total. The zero-order valence-electron chi connectivity index (χ0n) is 14.9. The molecule has 4 nitrogen and oxygen atoms in total. The Bertz CT molecular complexity index is 742. The fourth-order valence-corrected chi connectivity index (χ4v) is 3.55. The number of methoxy groups -OCH3 is 1. The van der Waals surface area contributed by atoms with Crippen LogP contribution in [0.2, 0.25) is 0 Å². The van der Waals surface area contributed by atoms with E-state index in [0.717, 1.165) is 5.56 Å². The minimum Gasteiger partial charge on any atom is -0.496 e. The molecule has 5 heteroatoms. The number of halogens is 1. The number of aliphatic hydroxyl groups is 1. The molecule has 0 aliphatic carbocycles. The van der Waals surface area contributed by atoms with Crippen LogP contribution in [0.4, 0.5) is 4.39 Å². The second-order valence-electron chi connectivity index (χ2n) is 6.70. The summed E-state index contributed by atoms with van der Waals surface area (Å²) < 4.78 is 19.3. The maximum atomic E-state index is 14.1. The molecule has 1 saturated heterocycles. The van der Waals surface area contributed by atoms with Gasteiger partial charge in [0.05, 0.1) is 13.2 Å². The molecule has 0 spiro atoms. The van der Waals surface area contributed by atoms with E-state index in [1.165, 1.54) is 19.2 Å². The highest BCUT2D eigenvalue weighted by molar-refractivity contribution is 5.97. The maximum Gasteiger partial charge on any atom is 0.260 e. The maximum absolute atomic E-state index is 14.1. The summed E-state index contributed by atoms with van der Waals surface area (Å²) in [5.41, 5.74) is 1.09. The summed E-state index contributed by atoms with van der Waals surface area (Å²) in [6, 6.07) is 14.3. The summed E-state index contributed by atoms with van der Waals surface area (Å²) in [7, 11) is 1.43. The van der Waals surface area contributed by atoms with Crippen molar-refractivity contribution in [2.24, 2.45) is 5.92 Å². The SMILES string of the molecule is COc1cccc(F)c1C(=O)N1CCC([C@H](O)Cc2ccccc2)CC1. The third-order valence-corrected chi connectivity index (χ3v) is 5.07. The number of nitrogens with zero attached hydrogens (tertiary/aromatic N) is 1. The lowest BCUT2D eigenvalue weighted by Gasteiger charge is -2.34. The molecule has 3 rings (SSSR count). The molecular weight excluding hydrogens is 333 g/mol. The molecule has 1 aliphatic rings. The van der Waals surface area contributed by atoms with Crippen molar-refractivity contribution in [3.05, 3.63) is 65.5 Å². The standard InChI is InChI=1S/C21H24FNO3/c1-26-19-9-5-8-17(22)20(19)21(25)23-12-10-16(11-13-23)18(24)14-15-6-3-2-4-7-15/h2-9,16,18,24H,10-14H2,1H3/t18-/m1/s1. The number of aliphatic hydroxyl groups excluding tert-OH is 1. The van der Waals surface area contributed by atoms with Crippen molar-refractivity contribution in [2.75, 3.05) is 20.2 Å². The average molecular weight is 357 g/mol. The van der Waals surface area contributed by atoms with E-state index in [9.17, 15) is 14.3 Å². The number of likely N-dealkylation sites (tertiary alicyclic amines) is 1. The fraction of sp³-hybridized carbons (Fsp3) is 0.381. The van der Waals surface area contributed by atoms with E-state index >= 15 is 0 Å². The highest BCUT2D eigenvalue weighted by Crippen LogP contribution is 2.27. The smallest absolute Gasteiger partial charge is 0.260 e. The van der Waals surface area contributed by atoms with Gasteiger partial charge in [0.25, 0.3) is 5.91 Å². The molecular formula is C21H24FNO3. The lowest BCUT2D eigenvalue weighted by atomic mass is 9.87. The number of amides is 1. The summed E-state index contributed by atoms with van der Waals surface area (Å²) in [5.74, 6) is -0.528. The highest BCUT2D eigenvalue weighted by atomic mass is 19.1. The van der Waals surface area contributed by atoms with Crippen LogP contribution in [0.3, 0.4) is 0 Å². The van der Waals surface area contributed by atoms with Crippen LogP contribution in [0, 0.1) is 11.7 Å². The van der Waals surface area contributed by atoms with Crippen LogP contribution >= 0.6 is 0 Å². The fourth-order valence-electron chi connectivity index (χ4n) is 3.55. The normalized spacial score (nSPS) is 16.3. The lowest BCUT2D eigenvalue weighted by Crippen LogP contribution is -2.42. The number of rotatable bonds is 5. The van der Waals surface area contributed by atoms with Crippen LogP contribution in [0.25, 0.3) is 0 Å². The minimum absolute atomic E-state index is 0.0155. The Balaban J connectivity index is 1.61. The molecule has 1 fully saturated rings. The first kappa shape index (κ1) is 18.4. The van der Waals surface area contributed by atoms with Crippen LogP contribution in [0.1, 0.15) is 28.8 Å². The van der Waals surface area contributed by atoms with Crippen molar-refractivity contribution < 1.29 is 19.0 Å². The summed E-state index contributed by atoms with van der Waals surface area (Å²) in [4.78, 5) is 14.4. The number of carbonyl (C=O) groups is 1. The van der Waals surface area contributed by atoms with Gasteiger partial charge in [0.15, 0.2) is 0 Å². The van der Waals surface area contributed by atoms with Gasteiger partial charge in [-0.05, 0) is 42.9 Å². The number of ether oxygens (including phenoxy) is 1. The van der Waals surface area contributed by atoms with E-state index < -0.39 is 11.9 Å². The third kappa shape index (κ3) is 4.05. The quantitative estimate of drug-likeness (QED) is 0.893. The molecule has 2 aromatic carbocycles. The molecule has 0 saturated carbocycles. The van der Waals surface area contributed by atoms with Gasteiger partial charge in [-0.2, -0.15) is 0 Å². The van der Waals surface area contributed by atoms with Gasteiger partial charge in [-0.3, -0.25) is 4.79 Å². The first-order valence-corrected chi connectivity index (χ1v) is 8.94. The predicted octanol–water partition coefficient (Wildman–Crippen LogP) is 3.29. The summed E-state index contributed by atoms with van der Waals surface area (Å²) >= 11 is 0. The Hall–Kier alpha value is -2.40. The van der Waals surface area contributed by atoms with Crippen LogP contribution < -0.4 is 4.74 Å². The van der Waals surface area contributed by atoms with Crippen molar-refractivity contribution in [2.45, 2.75) is 25.4 Å². The van der Waals surface area contributed by atoms with Gasteiger partial charge in [0.1, 0.15) is 17.1 Å². The Labute approximate surface area is 153 Å². The van der Waals surface area contributed by atoms with Crippen LogP contribution in [-0.4, -0.2) is 42.2 Å². The molecule has 0 unspecified atom stereocenters. The first-order valence-electron chi connectivity index (χ1n) is 8.94. The second kappa shape index (κ2) is 8.32. The molecule has 0 radical (unpaired) electrons.